The molecule has 2 amide bonds. The van der Waals surface area contributed by atoms with E-state index in [9.17, 15) is 14.0 Å². The third-order valence-electron chi connectivity index (χ3n) is 5.51. The maximum absolute atomic E-state index is 13.7. The van der Waals surface area contributed by atoms with Gasteiger partial charge in [0.15, 0.2) is 5.17 Å². The van der Waals surface area contributed by atoms with Crippen LogP contribution in [0.3, 0.4) is 0 Å². The van der Waals surface area contributed by atoms with Gasteiger partial charge in [0.2, 0.25) is 5.91 Å². The molecule has 0 fully saturated rings. The lowest BCUT2D eigenvalue weighted by Crippen LogP contribution is -2.39. The molecule has 4 rings (SSSR count). The molecule has 0 aliphatic carbocycles. The first-order chi connectivity index (χ1) is 16.3. The summed E-state index contributed by atoms with van der Waals surface area (Å²) in [5, 5.41) is 8.48. The Morgan fingerprint density at radius 2 is 1.82 bits per heavy atom. The van der Waals surface area contributed by atoms with Crippen LogP contribution in [0.4, 0.5) is 10.1 Å². The van der Waals surface area contributed by atoms with Gasteiger partial charge in [-0.15, -0.1) is 0 Å². The van der Waals surface area contributed by atoms with Crippen LogP contribution in [0.1, 0.15) is 38.8 Å². The maximum atomic E-state index is 13.7. The normalized spacial score (nSPS) is 17.3. The zero-order valence-electron chi connectivity index (χ0n) is 19.3. The zero-order chi connectivity index (χ0) is 24.2. The van der Waals surface area contributed by atoms with Gasteiger partial charge in [0.25, 0.3) is 5.91 Å². The van der Waals surface area contributed by atoms with E-state index >= 15 is 0 Å². The number of amidine groups is 1. The van der Waals surface area contributed by atoms with Crippen molar-refractivity contribution in [1.29, 1.82) is 0 Å². The molecule has 176 valence electrons. The lowest BCUT2D eigenvalue weighted by atomic mass is 9.93. The van der Waals surface area contributed by atoms with E-state index in [0.29, 0.717) is 34.6 Å². The molecule has 2 aliphatic heterocycles. The van der Waals surface area contributed by atoms with Crippen molar-refractivity contribution in [1.82, 2.24) is 10.2 Å². The van der Waals surface area contributed by atoms with Crippen molar-refractivity contribution in [3.63, 3.8) is 0 Å². The first-order valence-corrected chi connectivity index (χ1v) is 12.0. The van der Waals surface area contributed by atoms with Crippen molar-refractivity contribution >= 4 is 34.4 Å². The molecule has 2 aliphatic rings. The van der Waals surface area contributed by atoms with Crippen LogP contribution in [-0.4, -0.2) is 28.4 Å². The van der Waals surface area contributed by atoms with Gasteiger partial charge in [0.05, 0.1) is 23.7 Å². The van der Waals surface area contributed by atoms with Crippen molar-refractivity contribution in [2.75, 3.05) is 11.9 Å². The number of anilines is 1. The Balaban J connectivity index is 1.69. The molecule has 0 saturated heterocycles. The van der Waals surface area contributed by atoms with Gasteiger partial charge in [-0.1, -0.05) is 55.9 Å². The second-order valence-corrected chi connectivity index (χ2v) is 9.48. The van der Waals surface area contributed by atoms with Gasteiger partial charge in [-0.05, 0) is 48.1 Å². The zero-order valence-corrected chi connectivity index (χ0v) is 20.2. The smallest absolute Gasteiger partial charge is 0.255 e. The number of para-hydroxylation sites is 1. The third kappa shape index (κ3) is 5.22. The van der Waals surface area contributed by atoms with E-state index in [1.807, 2.05) is 54.5 Å². The molecule has 2 N–H and O–H groups in total. The topological polar surface area (TPSA) is 73.8 Å². The highest BCUT2D eigenvalue weighted by atomic mass is 32.2. The number of hydrogen-bond donors (Lipinski definition) is 2. The number of thioether (sulfide) groups is 1. The Bertz CT molecular complexity index is 1170. The monoisotopic (exact) mass is 478 g/mol. The van der Waals surface area contributed by atoms with Gasteiger partial charge in [0.1, 0.15) is 5.82 Å². The summed E-state index contributed by atoms with van der Waals surface area (Å²) >= 11 is 1.42. The van der Waals surface area contributed by atoms with E-state index < -0.39 is 6.04 Å². The molecular weight excluding hydrogens is 451 g/mol. The number of nitrogens with one attached hydrogen (secondary N) is 2. The van der Waals surface area contributed by atoms with Gasteiger partial charge in [-0.25, -0.2) is 9.38 Å². The standard InChI is InChI=1S/C26H27FN4O2S/c1-16(2)14-28-22(32)13-21-15-34-26-29-17(3)23(25(33)30-20-7-5-4-6-8-20)24(31(21)26)18-9-11-19(27)12-10-18/h4-12,15-16,24H,13-14H2,1-3H3,(H,28,32)(H,30,33). The Labute approximate surface area is 203 Å². The number of carbonyl (C=O) groups is 2. The number of carbonyl (C=O) groups excluding carboxylic acids is 2. The molecule has 6 nitrogen and oxygen atoms in total. The molecule has 2 aromatic rings. The van der Waals surface area contributed by atoms with Crippen LogP contribution >= 0.6 is 11.8 Å². The molecule has 1 atom stereocenters. The molecule has 2 heterocycles. The number of aliphatic imine (C=N–C) groups is 1. The predicted octanol–water partition coefficient (Wildman–Crippen LogP) is 5.20. The van der Waals surface area contributed by atoms with Crippen LogP contribution in [0.2, 0.25) is 0 Å². The van der Waals surface area contributed by atoms with Crippen LogP contribution in [-0.2, 0) is 9.59 Å². The molecule has 0 radical (unpaired) electrons. The van der Waals surface area contributed by atoms with Crippen LogP contribution in [0.5, 0.6) is 0 Å². The van der Waals surface area contributed by atoms with Crippen LogP contribution < -0.4 is 10.6 Å². The largest absolute Gasteiger partial charge is 0.356 e. The van der Waals surface area contributed by atoms with Crippen molar-refractivity contribution in [2.24, 2.45) is 10.9 Å². The predicted molar refractivity (Wildman–Crippen MR) is 134 cm³/mol. The first-order valence-electron chi connectivity index (χ1n) is 11.2. The quantitative estimate of drug-likeness (QED) is 0.574. The molecule has 1 unspecified atom stereocenters. The SMILES string of the molecule is CC1=C(C(=O)Nc2ccccc2)C(c2ccc(F)cc2)N2C(CC(=O)NCC(C)C)=CSC2=N1. The van der Waals surface area contributed by atoms with E-state index in [1.165, 1.54) is 23.9 Å². The summed E-state index contributed by atoms with van der Waals surface area (Å²) < 4.78 is 13.7. The van der Waals surface area contributed by atoms with E-state index in [1.54, 1.807) is 19.1 Å². The number of amides is 2. The molecule has 34 heavy (non-hydrogen) atoms. The van der Waals surface area contributed by atoms with E-state index in [-0.39, 0.29) is 24.1 Å². The minimum absolute atomic E-state index is 0.0961. The van der Waals surface area contributed by atoms with Gasteiger partial charge in [-0.3, -0.25) is 9.59 Å². The van der Waals surface area contributed by atoms with Gasteiger partial charge in [-0.2, -0.15) is 0 Å². The average Bonchev–Trinajstić information content (AvgIpc) is 3.19. The minimum atomic E-state index is -0.545. The van der Waals surface area contributed by atoms with Crippen molar-refractivity contribution in [2.45, 2.75) is 33.2 Å². The van der Waals surface area contributed by atoms with Crippen molar-refractivity contribution < 1.29 is 14.0 Å². The number of hydrogen-bond acceptors (Lipinski definition) is 5. The maximum Gasteiger partial charge on any atom is 0.255 e. The van der Waals surface area contributed by atoms with E-state index in [0.717, 1.165) is 11.3 Å². The van der Waals surface area contributed by atoms with Crippen molar-refractivity contribution in [3.8, 4) is 0 Å². The van der Waals surface area contributed by atoms with Gasteiger partial charge < -0.3 is 15.5 Å². The summed E-state index contributed by atoms with van der Waals surface area (Å²) in [7, 11) is 0. The molecule has 8 heteroatoms. The number of halogens is 1. The molecular formula is C26H27FN4O2S. The fraction of sp³-hybridized carbons (Fsp3) is 0.269. The number of fused-ring (bicyclic) bond motifs is 1. The minimum Gasteiger partial charge on any atom is -0.356 e. The lowest BCUT2D eigenvalue weighted by molar-refractivity contribution is -0.120. The van der Waals surface area contributed by atoms with Crippen LogP contribution in [0.25, 0.3) is 0 Å². The molecule has 0 bridgehead atoms. The number of rotatable bonds is 7. The fourth-order valence-electron chi connectivity index (χ4n) is 3.89. The second-order valence-electron chi connectivity index (χ2n) is 8.64. The summed E-state index contributed by atoms with van der Waals surface area (Å²) in [6.07, 6.45) is 0.156. The molecule has 0 spiro atoms. The van der Waals surface area contributed by atoms with Gasteiger partial charge >= 0.3 is 0 Å². The summed E-state index contributed by atoms with van der Waals surface area (Å²) in [5.74, 6) is -0.402. The third-order valence-corrected chi connectivity index (χ3v) is 6.40. The molecule has 0 aromatic heterocycles. The molecule has 0 saturated carbocycles. The Kier molecular flexibility index (Phi) is 7.17. The highest BCUT2D eigenvalue weighted by Crippen LogP contribution is 2.44. The Morgan fingerprint density at radius 3 is 2.50 bits per heavy atom. The van der Waals surface area contributed by atoms with E-state index in [2.05, 4.69) is 15.6 Å². The summed E-state index contributed by atoms with van der Waals surface area (Å²) in [6, 6.07) is 14.8. The second kappa shape index (κ2) is 10.3. The van der Waals surface area contributed by atoms with Crippen LogP contribution in [0, 0.1) is 11.7 Å². The van der Waals surface area contributed by atoms with Crippen LogP contribution in [0.15, 0.2) is 82.0 Å². The van der Waals surface area contributed by atoms with Gasteiger partial charge in [0, 0.05) is 17.9 Å². The number of benzene rings is 2. The van der Waals surface area contributed by atoms with E-state index in [4.69, 9.17) is 0 Å². The Hall–Kier alpha value is -3.39. The summed E-state index contributed by atoms with van der Waals surface area (Å²) in [5.41, 5.74) is 3.19. The molecule has 2 aromatic carbocycles. The number of nitrogens with zero attached hydrogens (tertiary/aromatic N) is 2. The summed E-state index contributed by atoms with van der Waals surface area (Å²) in [6.45, 7) is 6.46. The average molecular weight is 479 g/mol. The first kappa shape index (κ1) is 23.8. The number of allylic oxidation sites excluding steroid dienone is 1. The Morgan fingerprint density at radius 1 is 1.12 bits per heavy atom. The highest BCUT2D eigenvalue weighted by Gasteiger charge is 2.40. The fourth-order valence-corrected chi connectivity index (χ4v) is 4.85. The highest BCUT2D eigenvalue weighted by molar-refractivity contribution is 8.16. The summed E-state index contributed by atoms with van der Waals surface area (Å²) in [4.78, 5) is 32.7. The van der Waals surface area contributed by atoms with Crippen molar-refractivity contribution in [3.05, 3.63) is 88.4 Å². The lowest BCUT2D eigenvalue weighted by Gasteiger charge is -2.36.